The molecule has 1 aromatic heterocycles. The molecule has 1 atom stereocenters. The first-order valence-electron chi connectivity index (χ1n) is 5.53. The fourth-order valence-electron chi connectivity index (χ4n) is 1.89. The second-order valence-corrected chi connectivity index (χ2v) is 5.04. The summed E-state index contributed by atoms with van der Waals surface area (Å²) in [5, 5.41) is 9.87. The number of aromatic nitrogens is 1. The zero-order valence-electron chi connectivity index (χ0n) is 9.64. The fraction of sp³-hybridized carbons (Fsp3) is 0.636. The molecule has 2 rings (SSSR count). The van der Waals surface area contributed by atoms with Crippen LogP contribution in [0.5, 0.6) is 0 Å². The smallest absolute Gasteiger partial charge is 0.347 e. The number of hydrogen-bond acceptors (Lipinski definition) is 5. The first-order chi connectivity index (χ1) is 8.20. The van der Waals surface area contributed by atoms with Crippen molar-refractivity contribution in [1.82, 2.24) is 4.98 Å². The molecule has 2 heterocycles. The van der Waals surface area contributed by atoms with Crippen molar-refractivity contribution in [3.05, 3.63) is 15.6 Å². The molecule has 94 valence electrons. The summed E-state index contributed by atoms with van der Waals surface area (Å²) in [5.41, 5.74) is 0.512. The van der Waals surface area contributed by atoms with Gasteiger partial charge in [-0.15, -0.1) is 11.3 Å². The molecule has 0 bridgehead atoms. The van der Waals surface area contributed by atoms with E-state index in [4.69, 9.17) is 14.6 Å². The Labute approximate surface area is 103 Å². The van der Waals surface area contributed by atoms with Gasteiger partial charge in [0.25, 0.3) is 0 Å². The predicted molar refractivity (Wildman–Crippen MR) is 62.5 cm³/mol. The summed E-state index contributed by atoms with van der Waals surface area (Å²) in [7, 11) is 1.53. The normalized spacial score (nSPS) is 19.7. The summed E-state index contributed by atoms with van der Waals surface area (Å²) in [6.45, 7) is 1.04. The van der Waals surface area contributed by atoms with Crippen LogP contribution in [0.25, 0.3) is 0 Å². The average molecular weight is 257 g/mol. The van der Waals surface area contributed by atoms with Crippen LogP contribution in [0.1, 0.15) is 33.2 Å². The fourth-order valence-corrected chi connectivity index (χ4v) is 2.86. The molecule has 1 fully saturated rings. The van der Waals surface area contributed by atoms with Crippen LogP contribution >= 0.6 is 11.3 Å². The molecular weight excluding hydrogens is 242 g/mol. The van der Waals surface area contributed by atoms with E-state index in [2.05, 4.69) is 4.98 Å². The summed E-state index contributed by atoms with van der Waals surface area (Å²) in [5.74, 6) is -0.937. The van der Waals surface area contributed by atoms with E-state index in [1.807, 2.05) is 0 Å². The Kier molecular flexibility index (Phi) is 4.09. The summed E-state index contributed by atoms with van der Waals surface area (Å²) >= 11 is 1.22. The topological polar surface area (TPSA) is 68.7 Å². The van der Waals surface area contributed by atoms with Crippen molar-refractivity contribution in [3.8, 4) is 0 Å². The molecular formula is C11H15NO4S. The van der Waals surface area contributed by atoms with Gasteiger partial charge in [-0.3, -0.25) is 0 Å². The highest BCUT2D eigenvalue weighted by atomic mass is 32.1. The van der Waals surface area contributed by atoms with E-state index >= 15 is 0 Å². The molecule has 1 unspecified atom stereocenters. The molecule has 6 heteroatoms. The third-order valence-corrected chi connectivity index (χ3v) is 3.75. The molecule has 0 aliphatic carbocycles. The number of thiazole rings is 1. The molecule has 1 saturated heterocycles. The molecule has 0 saturated carbocycles. The van der Waals surface area contributed by atoms with E-state index in [0.717, 1.165) is 24.5 Å². The van der Waals surface area contributed by atoms with Gasteiger partial charge in [-0.1, -0.05) is 0 Å². The molecule has 0 aromatic carbocycles. The molecule has 1 aliphatic rings. The minimum absolute atomic E-state index is 0.193. The molecule has 0 spiro atoms. The zero-order valence-corrected chi connectivity index (χ0v) is 10.5. The second kappa shape index (κ2) is 5.57. The number of carboxylic acid groups (broad SMARTS) is 1. The van der Waals surface area contributed by atoms with Gasteiger partial charge in [0.2, 0.25) is 0 Å². The van der Waals surface area contributed by atoms with Crippen LogP contribution < -0.4 is 0 Å². The van der Waals surface area contributed by atoms with Gasteiger partial charge in [0.15, 0.2) is 0 Å². The van der Waals surface area contributed by atoms with Crippen molar-refractivity contribution < 1.29 is 19.4 Å². The van der Waals surface area contributed by atoms with Crippen LogP contribution in [0, 0.1) is 0 Å². The Hall–Kier alpha value is -0.980. The first kappa shape index (κ1) is 12.5. The minimum Gasteiger partial charge on any atom is -0.477 e. The lowest BCUT2D eigenvalue weighted by atomic mass is 10.2. The van der Waals surface area contributed by atoms with Gasteiger partial charge in [0.1, 0.15) is 4.88 Å². The average Bonchev–Trinajstić information content (AvgIpc) is 2.89. The van der Waals surface area contributed by atoms with Crippen LogP contribution in [0.4, 0.5) is 0 Å². The monoisotopic (exact) mass is 257 g/mol. The van der Waals surface area contributed by atoms with E-state index in [1.165, 1.54) is 18.4 Å². The van der Waals surface area contributed by atoms with Gasteiger partial charge in [-0.25, -0.2) is 9.78 Å². The highest BCUT2D eigenvalue weighted by Gasteiger charge is 2.21. The second-order valence-electron chi connectivity index (χ2n) is 3.96. The Morgan fingerprint density at radius 1 is 1.71 bits per heavy atom. The summed E-state index contributed by atoms with van der Waals surface area (Å²) in [4.78, 5) is 15.6. The number of methoxy groups -OCH3 is 1. The Morgan fingerprint density at radius 2 is 2.53 bits per heavy atom. The number of ether oxygens (including phenoxy) is 2. The van der Waals surface area contributed by atoms with Crippen LogP contribution in [-0.4, -0.2) is 35.9 Å². The molecule has 0 amide bonds. The van der Waals surface area contributed by atoms with Crippen LogP contribution in [-0.2, 0) is 22.5 Å². The maximum Gasteiger partial charge on any atom is 0.347 e. The van der Waals surface area contributed by atoms with Crippen molar-refractivity contribution in [3.63, 3.8) is 0 Å². The summed E-state index contributed by atoms with van der Waals surface area (Å²) in [6.07, 6.45) is 3.00. The van der Waals surface area contributed by atoms with Crippen LogP contribution in [0.3, 0.4) is 0 Å². The Bertz CT molecular complexity index is 398. The number of nitrogens with zero attached hydrogens (tertiary/aromatic N) is 1. The maximum atomic E-state index is 11.0. The third kappa shape index (κ3) is 3.02. The van der Waals surface area contributed by atoms with E-state index in [-0.39, 0.29) is 17.6 Å². The number of carbonyl (C=O) groups is 1. The SMILES string of the molecule is COCc1nc(CC2CCCO2)sc1C(=O)O. The Balaban J connectivity index is 2.11. The lowest BCUT2D eigenvalue weighted by Gasteiger charge is -2.05. The minimum atomic E-state index is -0.937. The van der Waals surface area contributed by atoms with Crippen LogP contribution in [0.15, 0.2) is 0 Å². The van der Waals surface area contributed by atoms with Crippen molar-refractivity contribution in [2.24, 2.45) is 0 Å². The lowest BCUT2D eigenvalue weighted by molar-refractivity contribution is 0.0697. The Morgan fingerprint density at radius 3 is 3.12 bits per heavy atom. The van der Waals surface area contributed by atoms with E-state index < -0.39 is 5.97 Å². The number of hydrogen-bond donors (Lipinski definition) is 1. The highest BCUT2D eigenvalue weighted by Crippen LogP contribution is 2.24. The molecule has 1 aliphatic heterocycles. The van der Waals surface area contributed by atoms with Gasteiger partial charge < -0.3 is 14.6 Å². The summed E-state index contributed by atoms with van der Waals surface area (Å²) in [6, 6.07) is 0. The van der Waals surface area contributed by atoms with E-state index in [9.17, 15) is 4.79 Å². The van der Waals surface area contributed by atoms with Gasteiger partial charge in [-0.05, 0) is 12.8 Å². The standard InChI is InChI=1S/C11H15NO4S/c1-15-6-8-10(11(13)14)17-9(12-8)5-7-3-2-4-16-7/h7H,2-6H2,1H3,(H,13,14). The first-order valence-corrected chi connectivity index (χ1v) is 6.34. The van der Waals surface area contributed by atoms with Gasteiger partial charge in [0.05, 0.1) is 23.4 Å². The molecule has 1 N–H and O–H groups in total. The maximum absolute atomic E-state index is 11.0. The van der Waals surface area contributed by atoms with Gasteiger partial charge in [-0.2, -0.15) is 0 Å². The predicted octanol–water partition coefficient (Wildman–Crippen LogP) is 1.71. The highest BCUT2D eigenvalue weighted by molar-refractivity contribution is 7.13. The van der Waals surface area contributed by atoms with Crippen molar-refractivity contribution >= 4 is 17.3 Å². The van der Waals surface area contributed by atoms with E-state index in [0.29, 0.717) is 12.1 Å². The van der Waals surface area contributed by atoms with Crippen molar-refractivity contribution in [2.75, 3.05) is 13.7 Å². The van der Waals surface area contributed by atoms with Crippen molar-refractivity contribution in [1.29, 1.82) is 0 Å². The summed E-state index contributed by atoms with van der Waals surface area (Å²) < 4.78 is 10.5. The van der Waals surface area contributed by atoms with Gasteiger partial charge in [0, 0.05) is 20.1 Å². The molecule has 0 radical (unpaired) electrons. The molecule has 1 aromatic rings. The molecule has 17 heavy (non-hydrogen) atoms. The zero-order chi connectivity index (χ0) is 12.3. The largest absolute Gasteiger partial charge is 0.477 e. The number of rotatable bonds is 5. The van der Waals surface area contributed by atoms with Crippen LogP contribution in [0.2, 0.25) is 0 Å². The lowest BCUT2D eigenvalue weighted by Crippen LogP contribution is -2.08. The number of carboxylic acids is 1. The van der Waals surface area contributed by atoms with Crippen molar-refractivity contribution in [2.45, 2.75) is 32.0 Å². The molecule has 5 nitrogen and oxygen atoms in total. The number of aromatic carboxylic acids is 1. The van der Waals surface area contributed by atoms with E-state index in [1.54, 1.807) is 0 Å². The van der Waals surface area contributed by atoms with Gasteiger partial charge >= 0.3 is 5.97 Å². The third-order valence-electron chi connectivity index (χ3n) is 2.64. The quantitative estimate of drug-likeness (QED) is 0.869.